The van der Waals surface area contributed by atoms with Crippen molar-refractivity contribution in [1.82, 2.24) is 10.2 Å². The van der Waals surface area contributed by atoms with E-state index in [9.17, 15) is 14.4 Å². The van der Waals surface area contributed by atoms with Gasteiger partial charge in [-0.2, -0.15) is 0 Å². The molecule has 4 rings (SSSR count). The summed E-state index contributed by atoms with van der Waals surface area (Å²) >= 11 is 0. The predicted octanol–water partition coefficient (Wildman–Crippen LogP) is 2.44. The third-order valence-electron chi connectivity index (χ3n) is 5.22. The number of hydrogen-bond acceptors (Lipinski definition) is 5. The van der Waals surface area contributed by atoms with Crippen molar-refractivity contribution in [2.24, 2.45) is 0 Å². The molecular weight excluding hydrogens is 348 g/mol. The largest absolute Gasteiger partial charge is 0.467 e. The van der Waals surface area contributed by atoms with Crippen LogP contribution < -0.4 is 5.32 Å². The van der Waals surface area contributed by atoms with Crippen molar-refractivity contribution < 1.29 is 23.5 Å². The van der Waals surface area contributed by atoms with Crippen molar-refractivity contribution in [2.45, 2.75) is 38.3 Å². The summed E-state index contributed by atoms with van der Waals surface area (Å²) in [6.45, 7) is 1.84. The quantitative estimate of drug-likeness (QED) is 0.661. The molecule has 27 heavy (non-hydrogen) atoms. The summed E-state index contributed by atoms with van der Waals surface area (Å²) in [7, 11) is 0. The highest BCUT2D eigenvalue weighted by Crippen LogP contribution is 2.34. The third-order valence-corrected chi connectivity index (χ3v) is 5.22. The number of benzene rings is 1. The Morgan fingerprint density at radius 2 is 2.04 bits per heavy atom. The smallest absolute Gasteiger partial charge is 0.341 e. The minimum Gasteiger partial charge on any atom is -0.467 e. The highest BCUT2D eigenvalue weighted by Gasteiger charge is 2.52. The molecule has 1 aromatic carbocycles. The van der Waals surface area contributed by atoms with Gasteiger partial charge in [0.2, 0.25) is 0 Å². The average molecular weight is 368 g/mol. The lowest BCUT2D eigenvalue weighted by Crippen LogP contribution is -2.51. The van der Waals surface area contributed by atoms with E-state index in [0.717, 1.165) is 16.9 Å². The lowest BCUT2D eigenvalue weighted by Gasteiger charge is -2.32. The highest BCUT2D eigenvalue weighted by molar-refractivity contribution is 6.07. The zero-order chi connectivity index (χ0) is 19.0. The number of carbonyl (C=O) groups excluding carboxylic acids is 3. The van der Waals surface area contributed by atoms with Crippen LogP contribution >= 0.6 is 0 Å². The van der Waals surface area contributed by atoms with E-state index in [1.165, 1.54) is 17.9 Å². The van der Waals surface area contributed by atoms with E-state index < -0.39 is 17.5 Å². The molecule has 7 nitrogen and oxygen atoms in total. The van der Waals surface area contributed by atoms with E-state index in [2.05, 4.69) is 11.4 Å². The number of nitrogens with one attached hydrogen (secondary N) is 1. The van der Waals surface area contributed by atoms with Crippen LogP contribution in [0.5, 0.6) is 0 Å². The summed E-state index contributed by atoms with van der Waals surface area (Å²) in [5.41, 5.74) is 1.58. The molecule has 1 aromatic heterocycles. The van der Waals surface area contributed by atoms with Crippen LogP contribution in [0.1, 0.15) is 40.6 Å². The number of esters is 1. The van der Waals surface area contributed by atoms with Gasteiger partial charge in [0.05, 0.1) is 19.4 Å². The molecule has 1 fully saturated rings. The number of hydrogen-bond donors (Lipinski definition) is 1. The average Bonchev–Trinajstić information content (AvgIpc) is 3.21. The summed E-state index contributed by atoms with van der Waals surface area (Å²) in [5.74, 6) is -0.576. The van der Waals surface area contributed by atoms with Gasteiger partial charge in [-0.1, -0.05) is 24.3 Å². The molecule has 1 N–H and O–H groups in total. The minimum atomic E-state index is -0.928. The molecule has 1 spiro atoms. The number of furan rings is 1. The van der Waals surface area contributed by atoms with Gasteiger partial charge in [-0.25, -0.2) is 9.59 Å². The molecule has 0 bridgehead atoms. The van der Waals surface area contributed by atoms with Gasteiger partial charge >= 0.3 is 12.0 Å². The van der Waals surface area contributed by atoms with Crippen molar-refractivity contribution in [3.05, 3.63) is 59.0 Å². The van der Waals surface area contributed by atoms with Gasteiger partial charge in [0.25, 0.3) is 5.91 Å². The number of imide groups is 1. The Kier molecular flexibility index (Phi) is 4.22. The molecule has 140 valence electrons. The van der Waals surface area contributed by atoms with Gasteiger partial charge in [0, 0.05) is 6.42 Å². The number of urea groups is 1. The van der Waals surface area contributed by atoms with Gasteiger partial charge in [-0.3, -0.25) is 9.69 Å². The molecule has 2 aliphatic rings. The zero-order valence-corrected chi connectivity index (χ0v) is 15.0. The van der Waals surface area contributed by atoms with Crippen LogP contribution in [0.15, 0.2) is 41.0 Å². The minimum absolute atomic E-state index is 0.102. The Balaban J connectivity index is 1.57. The van der Waals surface area contributed by atoms with Crippen LogP contribution in [-0.4, -0.2) is 35.0 Å². The molecule has 0 saturated carbocycles. The Labute approximate surface area is 156 Å². The maximum atomic E-state index is 13.1. The summed E-state index contributed by atoms with van der Waals surface area (Å²) in [4.78, 5) is 38.8. The molecule has 1 unspecified atom stereocenters. The molecule has 1 saturated heterocycles. The van der Waals surface area contributed by atoms with E-state index in [1.54, 1.807) is 6.92 Å². The van der Waals surface area contributed by atoms with Crippen molar-refractivity contribution >= 4 is 17.9 Å². The molecule has 2 aromatic rings. The second kappa shape index (κ2) is 6.57. The number of rotatable bonds is 4. The van der Waals surface area contributed by atoms with Crippen LogP contribution in [0.3, 0.4) is 0 Å². The maximum Gasteiger partial charge on any atom is 0.341 e. The number of aryl methyl sites for hydroxylation is 1. The Hall–Kier alpha value is -3.09. The van der Waals surface area contributed by atoms with Gasteiger partial charge in [-0.15, -0.1) is 0 Å². The Morgan fingerprint density at radius 3 is 2.81 bits per heavy atom. The second-order valence-corrected chi connectivity index (χ2v) is 6.83. The Bertz CT molecular complexity index is 919. The second-order valence-electron chi connectivity index (χ2n) is 6.83. The number of fused-ring (bicyclic) bond motifs is 1. The third kappa shape index (κ3) is 2.89. The van der Waals surface area contributed by atoms with Crippen LogP contribution in [0.2, 0.25) is 0 Å². The SMILES string of the molecule is CCOC(=O)c1ccoc1CN1C(=O)NC2(CCc3ccccc3C2)C1=O. The highest BCUT2D eigenvalue weighted by atomic mass is 16.5. The lowest BCUT2D eigenvalue weighted by molar-refractivity contribution is -0.132. The van der Waals surface area contributed by atoms with Crippen LogP contribution in [0.25, 0.3) is 0 Å². The fraction of sp³-hybridized carbons (Fsp3) is 0.350. The molecule has 3 amide bonds. The first-order valence-electron chi connectivity index (χ1n) is 8.98. The molecule has 2 heterocycles. The first kappa shape index (κ1) is 17.3. The van der Waals surface area contributed by atoms with E-state index >= 15 is 0 Å². The first-order valence-corrected chi connectivity index (χ1v) is 8.98. The summed E-state index contributed by atoms with van der Waals surface area (Å²) in [5, 5.41) is 2.88. The summed E-state index contributed by atoms with van der Waals surface area (Å²) in [6, 6.07) is 8.97. The van der Waals surface area contributed by atoms with Crippen LogP contribution in [0, 0.1) is 0 Å². The van der Waals surface area contributed by atoms with Gasteiger partial charge in [0.15, 0.2) is 0 Å². The normalized spacial score (nSPS) is 21.3. The van der Waals surface area contributed by atoms with Crippen LogP contribution in [-0.2, 0) is 28.9 Å². The number of amides is 3. The fourth-order valence-electron chi connectivity index (χ4n) is 3.84. The number of nitrogens with zero attached hydrogens (tertiary/aromatic N) is 1. The topological polar surface area (TPSA) is 88.8 Å². The first-order chi connectivity index (χ1) is 13.0. The molecule has 1 aliphatic heterocycles. The van der Waals surface area contributed by atoms with Gasteiger partial charge < -0.3 is 14.5 Å². The van der Waals surface area contributed by atoms with E-state index in [1.807, 2.05) is 18.2 Å². The van der Waals surface area contributed by atoms with Crippen LogP contribution in [0.4, 0.5) is 4.79 Å². The van der Waals surface area contributed by atoms with E-state index in [-0.39, 0.29) is 30.4 Å². The monoisotopic (exact) mass is 368 g/mol. The predicted molar refractivity (Wildman–Crippen MR) is 94.9 cm³/mol. The standard InChI is InChI=1S/C20H20N2O5/c1-2-26-17(23)15-8-10-27-16(15)12-22-18(24)20(21-19(22)25)9-7-13-5-3-4-6-14(13)11-20/h3-6,8,10H,2,7,9,11-12H2,1H3,(H,21,25). The molecule has 0 radical (unpaired) electrons. The van der Waals surface area contributed by atoms with Crippen molar-refractivity contribution in [2.75, 3.05) is 6.61 Å². The maximum absolute atomic E-state index is 13.1. The number of ether oxygens (including phenoxy) is 1. The Morgan fingerprint density at radius 1 is 1.26 bits per heavy atom. The number of carbonyl (C=O) groups is 3. The van der Waals surface area contributed by atoms with Crippen molar-refractivity contribution in [3.8, 4) is 0 Å². The lowest BCUT2D eigenvalue weighted by atomic mass is 9.78. The molecule has 1 atom stereocenters. The molecular formula is C20H20N2O5. The summed E-state index contributed by atoms with van der Waals surface area (Å²) in [6.07, 6.45) is 3.10. The fourth-order valence-corrected chi connectivity index (χ4v) is 3.84. The molecule has 1 aliphatic carbocycles. The zero-order valence-electron chi connectivity index (χ0n) is 15.0. The van der Waals surface area contributed by atoms with E-state index in [0.29, 0.717) is 12.8 Å². The van der Waals surface area contributed by atoms with Crippen molar-refractivity contribution in [1.29, 1.82) is 0 Å². The van der Waals surface area contributed by atoms with Crippen molar-refractivity contribution in [3.63, 3.8) is 0 Å². The van der Waals surface area contributed by atoms with Gasteiger partial charge in [-0.05, 0) is 37.0 Å². The molecule has 7 heteroatoms. The van der Waals surface area contributed by atoms with Gasteiger partial charge in [0.1, 0.15) is 16.9 Å². The van der Waals surface area contributed by atoms with E-state index in [4.69, 9.17) is 9.15 Å². The summed E-state index contributed by atoms with van der Waals surface area (Å²) < 4.78 is 10.3.